The van der Waals surface area contributed by atoms with Gasteiger partial charge in [-0.15, -0.1) is 11.8 Å². The van der Waals surface area contributed by atoms with E-state index in [0.29, 0.717) is 18.1 Å². The number of benzene rings is 1. The Bertz CT molecular complexity index is 647. The first-order chi connectivity index (χ1) is 11.2. The third kappa shape index (κ3) is 4.71. The van der Waals surface area contributed by atoms with Crippen LogP contribution in [0.2, 0.25) is 0 Å². The van der Waals surface area contributed by atoms with Gasteiger partial charge in [-0.3, -0.25) is 4.79 Å². The molecule has 6 heteroatoms. The van der Waals surface area contributed by atoms with Crippen LogP contribution in [-0.2, 0) is 0 Å². The lowest BCUT2D eigenvalue weighted by molar-refractivity contribution is 0.0911. The lowest BCUT2D eigenvalue weighted by Gasteiger charge is -2.14. The van der Waals surface area contributed by atoms with Gasteiger partial charge in [-0.05, 0) is 43.0 Å². The van der Waals surface area contributed by atoms with E-state index in [9.17, 15) is 9.90 Å². The van der Waals surface area contributed by atoms with Gasteiger partial charge in [-0.2, -0.15) is 0 Å². The SMILES string of the molecule is CCOc1ncccc1C(=O)NCC(O)c1ccc(SC)cc1. The fraction of sp³-hybridized carbons (Fsp3) is 0.294. The van der Waals surface area contributed by atoms with E-state index >= 15 is 0 Å². The molecule has 0 saturated carbocycles. The third-order valence-corrected chi connectivity index (χ3v) is 4.00. The zero-order valence-corrected chi connectivity index (χ0v) is 14.0. The van der Waals surface area contributed by atoms with E-state index in [4.69, 9.17) is 4.74 Å². The van der Waals surface area contributed by atoms with Crippen molar-refractivity contribution in [3.05, 3.63) is 53.7 Å². The number of nitrogens with zero attached hydrogens (tertiary/aromatic N) is 1. The Balaban J connectivity index is 1.98. The number of pyridine rings is 1. The molecule has 5 nitrogen and oxygen atoms in total. The Morgan fingerprint density at radius 3 is 2.74 bits per heavy atom. The minimum Gasteiger partial charge on any atom is -0.477 e. The van der Waals surface area contributed by atoms with E-state index in [1.807, 2.05) is 37.4 Å². The zero-order valence-electron chi connectivity index (χ0n) is 13.2. The highest BCUT2D eigenvalue weighted by atomic mass is 32.2. The number of aromatic nitrogens is 1. The number of ether oxygens (including phenoxy) is 1. The molecule has 0 aliphatic carbocycles. The molecule has 2 rings (SSSR count). The average Bonchev–Trinajstić information content (AvgIpc) is 2.60. The van der Waals surface area contributed by atoms with Crippen LogP contribution in [0, 0.1) is 0 Å². The summed E-state index contributed by atoms with van der Waals surface area (Å²) in [5.74, 6) is -0.0207. The van der Waals surface area contributed by atoms with Gasteiger partial charge >= 0.3 is 0 Å². The molecule has 122 valence electrons. The zero-order chi connectivity index (χ0) is 16.7. The number of rotatable bonds is 7. The van der Waals surface area contributed by atoms with Gasteiger partial charge in [0, 0.05) is 17.6 Å². The lowest BCUT2D eigenvalue weighted by atomic mass is 10.1. The molecule has 2 N–H and O–H groups in total. The van der Waals surface area contributed by atoms with Gasteiger partial charge < -0.3 is 15.2 Å². The minimum absolute atomic E-state index is 0.123. The molecule has 0 saturated heterocycles. The summed E-state index contributed by atoms with van der Waals surface area (Å²) >= 11 is 1.64. The molecule has 1 atom stereocenters. The molecule has 0 fully saturated rings. The van der Waals surface area contributed by atoms with Crippen LogP contribution in [0.1, 0.15) is 28.9 Å². The number of thioether (sulfide) groups is 1. The first-order valence-electron chi connectivity index (χ1n) is 7.33. The van der Waals surface area contributed by atoms with E-state index in [2.05, 4.69) is 10.3 Å². The van der Waals surface area contributed by atoms with Crippen molar-refractivity contribution in [2.45, 2.75) is 17.9 Å². The second-order valence-corrected chi connectivity index (χ2v) is 5.67. The van der Waals surface area contributed by atoms with Crippen LogP contribution >= 0.6 is 11.8 Å². The van der Waals surface area contributed by atoms with Crippen LogP contribution < -0.4 is 10.1 Å². The second-order valence-electron chi connectivity index (χ2n) is 4.79. The number of aliphatic hydroxyl groups is 1. The fourth-order valence-corrected chi connectivity index (χ4v) is 2.45. The van der Waals surface area contributed by atoms with E-state index in [1.165, 1.54) is 0 Å². The minimum atomic E-state index is -0.762. The predicted molar refractivity (Wildman–Crippen MR) is 90.9 cm³/mol. The Morgan fingerprint density at radius 1 is 1.35 bits per heavy atom. The maximum absolute atomic E-state index is 12.2. The van der Waals surface area contributed by atoms with Crippen molar-refractivity contribution in [3.63, 3.8) is 0 Å². The standard InChI is InChI=1S/C17H20N2O3S/c1-3-22-17-14(5-4-10-18-17)16(21)19-11-15(20)12-6-8-13(23-2)9-7-12/h4-10,15,20H,3,11H2,1-2H3,(H,19,21). The molecule has 0 bridgehead atoms. The topological polar surface area (TPSA) is 71.5 Å². The van der Waals surface area contributed by atoms with Gasteiger partial charge in [0.2, 0.25) is 5.88 Å². The largest absolute Gasteiger partial charge is 0.477 e. The highest BCUT2D eigenvalue weighted by molar-refractivity contribution is 7.98. The highest BCUT2D eigenvalue weighted by Crippen LogP contribution is 2.19. The van der Waals surface area contributed by atoms with Crippen LogP contribution in [0.5, 0.6) is 5.88 Å². The van der Waals surface area contributed by atoms with Crippen molar-refractivity contribution in [2.75, 3.05) is 19.4 Å². The maximum atomic E-state index is 12.2. The summed E-state index contributed by atoms with van der Waals surface area (Å²) in [6.07, 6.45) is 2.81. The number of hydrogen-bond donors (Lipinski definition) is 2. The van der Waals surface area contributed by atoms with E-state index in [0.717, 1.165) is 10.5 Å². The first kappa shape index (κ1) is 17.3. The first-order valence-corrected chi connectivity index (χ1v) is 8.56. The Hall–Kier alpha value is -2.05. The molecule has 1 unspecified atom stereocenters. The molecule has 0 radical (unpaired) electrons. The molecular weight excluding hydrogens is 312 g/mol. The van der Waals surface area contributed by atoms with Gasteiger partial charge in [0.05, 0.1) is 12.7 Å². The molecule has 23 heavy (non-hydrogen) atoms. The number of carbonyl (C=O) groups is 1. The molecule has 1 amide bonds. The Morgan fingerprint density at radius 2 is 2.09 bits per heavy atom. The van der Waals surface area contributed by atoms with Crippen molar-refractivity contribution in [1.29, 1.82) is 0 Å². The number of nitrogens with one attached hydrogen (secondary N) is 1. The summed E-state index contributed by atoms with van der Waals surface area (Å²) in [6.45, 7) is 2.39. The van der Waals surface area contributed by atoms with Crippen LogP contribution in [0.15, 0.2) is 47.5 Å². The summed E-state index contributed by atoms with van der Waals surface area (Å²) in [6, 6.07) is 10.9. The summed E-state index contributed by atoms with van der Waals surface area (Å²) in [7, 11) is 0. The Labute approximate surface area is 140 Å². The predicted octanol–water partition coefficient (Wildman–Crippen LogP) is 2.67. The smallest absolute Gasteiger partial charge is 0.256 e. The molecular formula is C17H20N2O3S. The van der Waals surface area contributed by atoms with Crippen LogP contribution in [0.3, 0.4) is 0 Å². The van der Waals surface area contributed by atoms with Gasteiger partial charge in [0.15, 0.2) is 0 Å². The van der Waals surface area contributed by atoms with Crippen LogP contribution in [0.25, 0.3) is 0 Å². The molecule has 1 aromatic carbocycles. The van der Waals surface area contributed by atoms with Gasteiger partial charge in [0.25, 0.3) is 5.91 Å². The third-order valence-electron chi connectivity index (χ3n) is 3.25. The van der Waals surface area contributed by atoms with Crippen molar-refractivity contribution in [1.82, 2.24) is 10.3 Å². The maximum Gasteiger partial charge on any atom is 0.256 e. The van der Waals surface area contributed by atoms with Crippen molar-refractivity contribution >= 4 is 17.7 Å². The molecule has 0 spiro atoms. The summed E-state index contributed by atoms with van der Waals surface area (Å²) in [5.41, 5.74) is 1.12. The van der Waals surface area contributed by atoms with Crippen molar-refractivity contribution in [3.8, 4) is 5.88 Å². The van der Waals surface area contributed by atoms with Gasteiger partial charge in [-0.25, -0.2) is 4.98 Å². The summed E-state index contributed by atoms with van der Waals surface area (Å²) in [4.78, 5) is 17.4. The number of aliphatic hydroxyl groups excluding tert-OH is 1. The Kier molecular flexibility index (Phi) is 6.43. The molecule has 2 aromatic rings. The van der Waals surface area contributed by atoms with E-state index in [-0.39, 0.29) is 12.5 Å². The molecule has 0 aliphatic heterocycles. The normalized spacial score (nSPS) is 11.8. The lowest BCUT2D eigenvalue weighted by Crippen LogP contribution is -2.29. The summed E-state index contributed by atoms with van der Waals surface area (Å²) in [5, 5.41) is 12.9. The molecule has 0 aliphatic rings. The fourth-order valence-electron chi connectivity index (χ4n) is 2.04. The quantitative estimate of drug-likeness (QED) is 0.763. The van der Waals surface area contributed by atoms with Crippen molar-refractivity contribution in [2.24, 2.45) is 0 Å². The van der Waals surface area contributed by atoms with Gasteiger partial charge in [-0.1, -0.05) is 12.1 Å². The summed E-state index contributed by atoms with van der Waals surface area (Å²) < 4.78 is 5.34. The number of hydrogen-bond acceptors (Lipinski definition) is 5. The second kappa shape index (κ2) is 8.55. The van der Waals surface area contributed by atoms with Crippen LogP contribution in [0.4, 0.5) is 0 Å². The van der Waals surface area contributed by atoms with Crippen LogP contribution in [-0.4, -0.2) is 35.4 Å². The van der Waals surface area contributed by atoms with Crippen molar-refractivity contribution < 1.29 is 14.6 Å². The van der Waals surface area contributed by atoms with Gasteiger partial charge in [0.1, 0.15) is 5.56 Å². The molecule has 1 aromatic heterocycles. The number of carbonyl (C=O) groups excluding carboxylic acids is 1. The average molecular weight is 332 g/mol. The molecule has 1 heterocycles. The highest BCUT2D eigenvalue weighted by Gasteiger charge is 2.15. The number of amides is 1. The van der Waals surface area contributed by atoms with E-state index in [1.54, 1.807) is 30.1 Å². The monoisotopic (exact) mass is 332 g/mol. The van der Waals surface area contributed by atoms with E-state index < -0.39 is 6.10 Å².